The molecular weight excluding hydrogens is 516 g/mol. The Balaban J connectivity index is 1.63. The van der Waals surface area contributed by atoms with Crippen molar-refractivity contribution in [3.05, 3.63) is 104 Å². The maximum absolute atomic E-state index is 3.82. The van der Waals surface area contributed by atoms with E-state index in [1.165, 1.54) is 54.6 Å². The van der Waals surface area contributed by atoms with E-state index in [1.807, 2.05) is 0 Å². The van der Waals surface area contributed by atoms with Crippen molar-refractivity contribution in [3.8, 4) is 11.1 Å². The molecule has 0 N–H and O–H groups in total. The van der Waals surface area contributed by atoms with E-state index in [9.17, 15) is 0 Å². The van der Waals surface area contributed by atoms with E-state index in [2.05, 4.69) is 137 Å². The van der Waals surface area contributed by atoms with Crippen LogP contribution in [0.25, 0.3) is 23.3 Å². The molecule has 2 aliphatic rings. The molecule has 2 atom stereocenters. The molecule has 0 nitrogen and oxygen atoms in total. The van der Waals surface area contributed by atoms with Crippen molar-refractivity contribution in [1.29, 1.82) is 0 Å². The fourth-order valence-electron chi connectivity index (χ4n) is 6.96. The second kappa shape index (κ2) is 9.30. The second-order valence-corrected chi connectivity index (χ2v) is 17.9. The van der Waals surface area contributed by atoms with Gasteiger partial charge in [-0.3, -0.25) is 0 Å². The Bertz CT molecular complexity index is 1380. The summed E-state index contributed by atoms with van der Waals surface area (Å²) in [5, 5.41) is 0. The molecule has 0 amide bonds. The molecule has 0 radical (unpaired) electrons. The first kappa shape index (κ1) is 25.5. The molecule has 36 heavy (non-hydrogen) atoms. The van der Waals surface area contributed by atoms with E-state index in [0.717, 1.165) is 0 Å². The number of halogens is 1. The highest BCUT2D eigenvalue weighted by molar-refractivity contribution is 9.10. The Morgan fingerprint density at radius 3 is 1.75 bits per heavy atom. The van der Waals surface area contributed by atoms with E-state index in [4.69, 9.17) is 0 Å². The first-order valence-corrected chi connectivity index (χ1v) is 17.4. The molecular formula is C34H39BrSi. The molecule has 3 aromatic carbocycles. The molecule has 0 aliphatic heterocycles. The van der Waals surface area contributed by atoms with Gasteiger partial charge in [0.1, 0.15) is 0 Å². The summed E-state index contributed by atoms with van der Waals surface area (Å²) in [5.41, 5.74) is 15.6. The molecule has 0 bridgehead atoms. The van der Waals surface area contributed by atoms with Gasteiger partial charge in [-0.2, -0.15) is 0 Å². The van der Waals surface area contributed by atoms with Crippen LogP contribution in [0.2, 0.25) is 13.1 Å². The van der Waals surface area contributed by atoms with Crippen molar-refractivity contribution in [3.63, 3.8) is 0 Å². The van der Waals surface area contributed by atoms with Crippen molar-refractivity contribution in [1.82, 2.24) is 0 Å². The van der Waals surface area contributed by atoms with Gasteiger partial charge in [0.2, 0.25) is 0 Å². The SMILES string of the molecule is CC1=Cc2c(Br)cccc2C1[Si](C)(C)C1C(C)=Cc2c(-c3cc(C(C)C)cc(C(C)C)c3)cccc21. The van der Waals surface area contributed by atoms with Crippen LogP contribution in [0.4, 0.5) is 0 Å². The summed E-state index contributed by atoms with van der Waals surface area (Å²) in [6.07, 6.45) is 4.94. The molecule has 0 aromatic heterocycles. The lowest BCUT2D eigenvalue weighted by atomic mass is 9.89. The minimum Gasteiger partial charge on any atom is -0.0679 e. The molecule has 3 aromatic rings. The zero-order valence-electron chi connectivity index (χ0n) is 23.0. The van der Waals surface area contributed by atoms with E-state index >= 15 is 0 Å². The largest absolute Gasteiger partial charge is 0.0722 e. The number of rotatable bonds is 5. The van der Waals surface area contributed by atoms with Gasteiger partial charge in [0.25, 0.3) is 0 Å². The van der Waals surface area contributed by atoms with Crippen molar-refractivity contribution >= 4 is 36.2 Å². The summed E-state index contributed by atoms with van der Waals surface area (Å²) in [6, 6.07) is 21.1. The van der Waals surface area contributed by atoms with Gasteiger partial charge in [0.05, 0.1) is 8.07 Å². The summed E-state index contributed by atoms with van der Waals surface area (Å²) in [7, 11) is -1.83. The molecule has 2 unspecified atom stereocenters. The lowest BCUT2D eigenvalue weighted by Crippen LogP contribution is -2.42. The van der Waals surface area contributed by atoms with Crippen LogP contribution in [-0.2, 0) is 0 Å². The predicted octanol–water partition coefficient (Wildman–Crippen LogP) is 10.9. The van der Waals surface area contributed by atoms with Crippen LogP contribution >= 0.6 is 15.9 Å². The smallest absolute Gasteiger partial charge is 0.0679 e. The third-order valence-corrected chi connectivity index (χ3v) is 13.8. The lowest BCUT2D eigenvalue weighted by Gasteiger charge is -2.39. The van der Waals surface area contributed by atoms with Gasteiger partial charge >= 0.3 is 0 Å². The lowest BCUT2D eigenvalue weighted by molar-refractivity contribution is 0.834. The summed E-state index contributed by atoms with van der Waals surface area (Å²) in [4.78, 5) is 0. The van der Waals surface area contributed by atoms with Crippen LogP contribution in [0, 0.1) is 0 Å². The maximum atomic E-state index is 3.82. The highest BCUT2D eigenvalue weighted by Gasteiger charge is 2.47. The van der Waals surface area contributed by atoms with E-state index in [1.54, 1.807) is 5.56 Å². The van der Waals surface area contributed by atoms with Gasteiger partial charge in [-0.15, -0.1) is 0 Å². The fraction of sp³-hybridized carbons (Fsp3) is 0.353. The van der Waals surface area contributed by atoms with Crippen LogP contribution < -0.4 is 0 Å². The van der Waals surface area contributed by atoms with Gasteiger partial charge < -0.3 is 0 Å². The Morgan fingerprint density at radius 1 is 0.694 bits per heavy atom. The molecule has 2 heteroatoms. The van der Waals surface area contributed by atoms with Gasteiger partial charge in [0.15, 0.2) is 0 Å². The van der Waals surface area contributed by atoms with Gasteiger partial charge in [-0.25, -0.2) is 0 Å². The topological polar surface area (TPSA) is 0 Å². The van der Waals surface area contributed by atoms with Crippen LogP contribution in [0.5, 0.6) is 0 Å². The average molecular weight is 556 g/mol. The minimum atomic E-state index is -1.83. The van der Waals surface area contributed by atoms with Crippen molar-refractivity contribution in [2.75, 3.05) is 0 Å². The third kappa shape index (κ3) is 4.11. The Labute approximate surface area is 227 Å². The number of hydrogen-bond donors (Lipinski definition) is 0. The van der Waals surface area contributed by atoms with E-state index in [0.29, 0.717) is 22.9 Å². The molecule has 186 valence electrons. The summed E-state index contributed by atoms with van der Waals surface area (Å²) >= 11 is 3.82. The number of benzene rings is 3. The summed E-state index contributed by atoms with van der Waals surface area (Å²) in [6.45, 7) is 19.2. The Kier molecular flexibility index (Phi) is 6.58. The van der Waals surface area contributed by atoms with Gasteiger partial charge in [0, 0.05) is 15.6 Å². The third-order valence-electron chi connectivity index (χ3n) is 8.61. The second-order valence-electron chi connectivity index (χ2n) is 12.2. The summed E-state index contributed by atoms with van der Waals surface area (Å²) < 4.78 is 1.22. The molecule has 0 saturated heterocycles. The zero-order valence-corrected chi connectivity index (χ0v) is 25.6. The molecule has 0 fully saturated rings. The normalized spacial score (nSPS) is 19.0. The Hall–Kier alpha value is -2.16. The van der Waals surface area contributed by atoms with Crippen LogP contribution in [0.15, 0.2) is 70.2 Å². The minimum absolute atomic E-state index is 0.517. The highest BCUT2D eigenvalue weighted by Crippen LogP contribution is 2.54. The summed E-state index contributed by atoms with van der Waals surface area (Å²) in [5.74, 6) is 1.04. The van der Waals surface area contributed by atoms with Gasteiger partial charge in [-0.05, 0) is 76.3 Å². The number of hydrogen-bond acceptors (Lipinski definition) is 0. The number of allylic oxidation sites excluding steroid dienone is 2. The highest BCUT2D eigenvalue weighted by atomic mass is 79.9. The zero-order chi connectivity index (χ0) is 25.9. The number of fused-ring (bicyclic) bond motifs is 2. The molecule has 0 spiro atoms. The first-order chi connectivity index (χ1) is 17.0. The van der Waals surface area contributed by atoms with Crippen LogP contribution in [-0.4, -0.2) is 8.07 Å². The van der Waals surface area contributed by atoms with Crippen molar-refractivity contribution < 1.29 is 0 Å². The monoisotopic (exact) mass is 554 g/mol. The van der Waals surface area contributed by atoms with E-state index < -0.39 is 8.07 Å². The molecule has 5 rings (SSSR count). The molecule has 2 aliphatic carbocycles. The maximum Gasteiger partial charge on any atom is 0.0722 e. The predicted molar refractivity (Wildman–Crippen MR) is 164 cm³/mol. The van der Waals surface area contributed by atoms with Crippen LogP contribution in [0.3, 0.4) is 0 Å². The standard InChI is InChI=1S/C34H39BrSi/c1-20(2)24-17-25(21(3)4)19-26(18-24)27-11-9-12-28-30(27)15-22(5)33(28)36(7,8)34-23(6)16-31-29(34)13-10-14-32(31)35/h9-21,33-34H,1-8H3. The quantitative estimate of drug-likeness (QED) is 0.275. The van der Waals surface area contributed by atoms with Crippen molar-refractivity contribution in [2.45, 2.75) is 77.6 Å². The van der Waals surface area contributed by atoms with Crippen molar-refractivity contribution in [2.24, 2.45) is 0 Å². The van der Waals surface area contributed by atoms with E-state index in [-0.39, 0.29) is 0 Å². The van der Waals surface area contributed by atoms with Gasteiger partial charge in [-0.1, -0.05) is 129 Å². The molecule has 0 saturated carbocycles. The first-order valence-electron chi connectivity index (χ1n) is 13.4. The fourth-order valence-corrected chi connectivity index (χ4v) is 12.4. The van der Waals surface area contributed by atoms with Crippen LogP contribution in [0.1, 0.15) is 97.8 Å². The average Bonchev–Trinajstić information content (AvgIpc) is 3.35. The molecule has 0 heterocycles. The Morgan fingerprint density at radius 2 is 1.19 bits per heavy atom.